The number of hydrogen-bond acceptors (Lipinski definition) is 3. The maximum atomic E-state index is 12.2. The number of carbonyl (C=O) groups is 1. The van der Waals surface area contributed by atoms with E-state index in [-0.39, 0.29) is 18.3 Å². The number of methoxy groups -OCH3 is 1. The highest BCUT2D eigenvalue weighted by atomic mass is 35.5. The SMILES string of the molecule is COCCNCCNC(=O)C(C)(C)c1ccc(Cl)cc1.Cl. The van der Waals surface area contributed by atoms with Gasteiger partial charge in [-0.05, 0) is 31.5 Å². The third-order valence-corrected chi connectivity index (χ3v) is 3.46. The molecule has 0 saturated heterocycles. The molecule has 0 aliphatic heterocycles. The zero-order valence-corrected chi connectivity index (χ0v) is 14.3. The van der Waals surface area contributed by atoms with Crippen LogP contribution in [0, 0.1) is 0 Å². The van der Waals surface area contributed by atoms with E-state index in [1.807, 2.05) is 26.0 Å². The Balaban J connectivity index is 0.00000400. The number of halogens is 2. The van der Waals surface area contributed by atoms with E-state index in [0.29, 0.717) is 18.2 Å². The van der Waals surface area contributed by atoms with Crippen LogP contribution in [-0.4, -0.2) is 39.3 Å². The molecule has 4 nitrogen and oxygen atoms in total. The lowest BCUT2D eigenvalue weighted by molar-refractivity contribution is -0.125. The number of amides is 1. The van der Waals surface area contributed by atoms with Gasteiger partial charge in [0, 0.05) is 31.8 Å². The monoisotopic (exact) mass is 334 g/mol. The van der Waals surface area contributed by atoms with Crippen LogP contribution in [0.25, 0.3) is 0 Å². The fourth-order valence-corrected chi connectivity index (χ4v) is 1.91. The first-order valence-corrected chi connectivity index (χ1v) is 7.10. The van der Waals surface area contributed by atoms with E-state index < -0.39 is 5.41 Å². The van der Waals surface area contributed by atoms with Gasteiger partial charge in [-0.15, -0.1) is 12.4 Å². The Morgan fingerprint density at radius 1 is 1.19 bits per heavy atom. The molecule has 0 unspecified atom stereocenters. The molecule has 0 spiro atoms. The van der Waals surface area contributed by atoms with E-state index in [2.05, 4.69) is 10.6 Å². The van der Waals surface area contributed by atoms with Crippen LogP contribution in [0.1, 0.15) is 19.4 Å². The Labute approximate surface area is 138 Å². The van der Waals surface area contributed by atoms with Crippen LogP contribution in [-0.2, 0) is 14.9 Å². The largest absolute Gasteiger partial charge is 0.383 e. The normalized spacial score (nSPS) is 10.9. The van der Waals surface area contributed by atoms with Crippen molar-refractivity contribution in [3.63, 3.8) is 0 Å². The van der Waals surface area contributed by atoms with Crippen LogP contribution in [0.3, 0.4) is 0 Å². The average molecular weight is 335 g/mol. The van der Waals surface area contributed by atoms with Crippen molar-refractivity contribution in [3.05, 3.63) is 34.9 Å². The van der Waals surface area contributed by atoms with Crippen LogP contribution in [0.15, 0.2) is 24.3 Å². The second-order valence-corrected chi connectivity index (χ2v) is 5.57. The lowest BCUT2D eigenvalue weighted by Gasteiger charge is -2.24. The predicted octanol–water partition coefficient (Wildman–Crippen LogP) is 2.39. The molecule has 1 aromatic carbocycles. The van der Waals surface area contributed by atoms with Crippen LogP contribution < -0.4 is 10.6 Å². The van der Waals surface area contributed by atoms with Crippen molar-refractivity contribution in [1.82, 2.24) is 10.6 Å². The molecule has 1 rings (SSSR count). The van der Waals surface area contributed by atoms with Crippen molar-refractivity contribution in [3.8, 4) is 0 Å². The van der Waals surface area contributed by atoms with Gasteiger partial charge in [0.15, 0.2) is 0 Å². The van der Waals surface area contributed by atoms with E-state index in [1.165, 1.54) is 0 Å². The van der Waals surface area contributed by atoms with Crippen molar-refractivity contribution in [2.24, 2.45) is 0 Å². The Morgan fingerprint density at radius 2 is 1.81 bits per heavy atom. The van der Waals surface area contributed by atoms with E-state index in [4.69, 9.17) is 16.3 Å². The van der Waals surface area contributed by atoms with Crippen molar-refractivity contribution in [1.29, 1.82) is 0 Å². The predicted molar refractivity (Wildman–Crippen MR) is 89.5 cm³/mol. The Hall–Kier alpha value is -0.810. The molecule has 6 heteroatoms. The molecular formula is C15H24Cl2N2O2. The van der Waals surface area contributed by atoms with Crippen molar-refractivity contribution < 1.29 is 9.53 Å². The van der Waals surface area contributed by atoms with Crippen LogP contribution in [0.4, 0.5) is 0 Å². The molecule has 120 valence electrons. The second kappa shape index (κ2) is 10.0. The Morgan fingerprint density at radius 3 is 2.38 bits per heavy atom. The van der Waals surface area contributed by atoms with Gasteiger partial charge in [0.2, 0.25) is 5.91 Å². The quantitative estimate of drug-likeness (QED) is 0.717. The number of hydrogen-bond donors (Lipinski definition) is 2. The van der Waals surface area contributed by atoms with E-state index in [9.17, 15) is 4.79 Å². The van der Waals surface area contributed by atoms with Crippen LogP contribution in [0.2, 0.25) is 5.02 Å². The van der Waals surface area contributed by atoms with Crippen molar-refractivity contribution in [2.45, 2.75) is 19.3 Å². The number of benzene rings is 1. The minimum Gasteiger partial charge on any atom is -0.383 e. The molecule has 1 aromatic rings. The standard InChI is InChI=1S/C15H23ClN2O2.ClH/c1-15(2,12-4-6-13(16)7-5-12)14(19)18-9-8-17-10-11-20-3;/h4-7,17H,8-11H2,1-3H3,(H,18,19);1H. The molecule has 1 amide bonds. The maximum Gasteiger partial charge on any atom is 0.230 e. The molecule has 0 fully saturated rings. The minimum absolute atomic E-state index is 0. The summed E-state index contributed by atoms with van der Waals surface area (Å²) in [5.41, 5.74) is 0.378. The number of nitrogens with one attached hydrogen (secondary N) is 2. The number of ether oxygens (including phenoxy) is 1. The number of carbonyl (C=O) groups excluding carboxylic acids is 1. The van der Waals surface area contributed by atoms with Gasteiger partial charge in [-0.25, -0.2) is 0 Å². The van der Waals surface area contributed by atoms with Gasteiger partial charge in [-0.3, -0.25) is 4.79 Å². The lowest BCUT2D eigenvalue weighted by Crippen LogP contribution is -2.42. The fourth-order valence-electron chi connectivity index (χ4n) is 1.78. The van der Waals surface area contributed by atoms with Gasteiger partial charge in [-0.1, -0.05) is 23.7 Å². The molecule has 0 radical (unpaired) electrons. The highest BCUT2D eigenvalue weighted by Crippen LogP contribution is 2.24. The minimum atomic E-state index is -0.572. The summed E-state index contributed by atoms with van der Waals surface area (Å²) >= 11 is 5.87. The summed E-state index contributed by atoms with van der Waals surface area (Å²) in [6.07, 6.45) is 0. The van der Waals surface area contributed by atoms with E-state index >= 15 is 0 Å². The van der Waals surface area contributed by atoms with Gasteiger partial charge in [0.25, 0.3) is 0 Å². The molecule has 2 N–H and O–H groups in total. The smallest absolute Gasteiger partial charge is 0.230 e. The van der Waals surface area contributed by atoms with Gasteiger partial charge < -0.3 is 15.4 Å². The van der Waals surface area contributed by atoms with Crippen LogP contribution >= 0.6 is 24.0 Å². The summed E-state index contributed by atoms with van der Waals surface area (Å²) in [4.78, 5) is 12.2. The van der Waals surface area contributed by atoms with E-state index in [0.717, 1.165) is 18.7 Å². The van der Waals surface area contributed by atoms with E-state index in [1.54, 1.807) is 19.2 Å². The molecule has 0 atom stereocenters. The molecule has 0 bridgehead atoms. The van der Waals surface area contributed by atoms with Gasteiger partial charge in [0.05, 0.1) is 12.0 Å². The first-order chi connectivity index (χ1) is 9.48. The van der Waals surface area contributed by atoms with Gasteiger partial charge in [0.1, 0.15) is 0 Å². The lowest BCUT2D eigenvalue weighted by atomic mass is 9.84. The summed E-state index contributed by atoms with van der Waals surface area (Å²) in [5.74, 6) is 0.00774. The molecule has 0 heterocycles. The molecule has 0 aliphatic carbocycles. The molecule has 0 aliphatic rings. The van der Waals surface area contributed by atoms with Crippen LogP contribution in [0.5, 0.6) is 0 Å². The van der Waals surface area contributed by atoms with Crippen molar-refractivity contribution in [2.75, 3.05) is 33.4 Å². The molecule has 0 saturated carbocycles. The number of rotatable bonds is 8. The third kappa shape index (κ3) is 6.66. The first-order valence-electron chi connectivity index (χ1n) is 6.72. The van der Waals surface area contributed by atoms with Gasteiger partial charge >= 0.3 is 0 Å². The fraction of sp³-hybridized carbons (Fsp3) is 0.533. The zero-order valence-electron chi connectivity index (χ0n) is 12.7. The molecule has 21 heavy (non-hydrogen) atoms. The Bertz CT molecular complexity index is 422. The molecular weight excluding hydrogens is 311 g/mol. The second-order valence-electron chi connectivity index (χ2n) is 5.13. The summed E-state index contributed by atoms with van der Waals surface area (Å²) in [7, 11) is 1.66. The summed E-state index contributed by atoms with van der Waals surface area (Å²) < 4.78 is 4.93. The first kappa shape index (κ1) is 20.2. The molecule has 0 aromatic heterocycles. The summed E-state index contributed by atoms with van der Waals surface area (Å²) in [5, 5.41) is 6.79. The highest BCUT2D eigenvalue weighted by molar-refractivity contribution is 6.30. The topological polar surface area (TPSA) is 50.4 Å². The Kier molecular flexibility index (Phi) is 9.62. The van der Waals surface area contributed by atoms with Gasteiger partial charge in [-0.2, -0.15) is 0 Å². The summed E-state index contributed by atoms with van der Waals surface area (Å²) in [6.45, 7) is 6.59. The highest BCUT2D eigenvalue weighted by Gasteiger charge is 2.29. The zero-order chi connectivity index (χ0) is 15.0. The summed E-state index contributed by atoms with van der Waals surface area (Å²) in [6, 6.07) is 7.38. The van der Waals surface area contributed by atoms with Crippen molar-refractivity contribution >= 4 is 29.9 Å². The average Bonchev–Trinajstić information content (AvgIpc) is 2.43. The third-order valence-electron chi connectivity index (χ3n) is 3.20. The maximum absolute atomic E-state index is 12.2.